The fraction of sp³-hybridized carbons (Fsp3) is 0.385. The van der Waals surface area contributed by atoms with Crippen LogP contribution in [0.4, 0.5) is 5.69 Å². The Morgan fingerprint density at radius 1 is 1.43 bits per heavy atom. The molecule has 0 saturated heterocycles. The predicted octanol–water partition coefficient (Wildman–Crippen LogP) is 2.00. The van der Waals surface area contributed by atoms with Crippen molar-refractivity contribution in [1.29, 1.82) is 0 Å². The number of thioether (sulfide) groups is 1. The number of nitrogens with one attached hydrogen (secondary N) is 1. The third-order valence-corrected chi connectivity index (χ3v) is 3.29. The minimum Gasteiger partial charge on any atom is -0.466 e. The van der Waals surface area contributed by atoms with Gasteiger partial charge < -0.3 is 10.1 Å². The van der Waals surface area contributed by atoms with Gasteiger partial charge in [0, 0.05) is 17.5 Å². The first-order valence-corrected chi connectivity index (χ1v) is 7.48. The number of carbonyl (C=O) groups excluding carboxylic acids is 2. The number of amides is 1. The van der Waals surface area contributed by atoms with Crippen LogP contribution < -0.4 is 5.32 Å². The van der Waals surface area contributed by atoms with Crippen molar-refractivity contribution < 1.29 is 19.2 Å². The van der Waals surface area contributed by atoms with Crippen LogP contribution >= 0.6 is 11.8 Å². The number of esters is 1. The summed E-state index contributed by atoms with van der Waals surface area (Å²) in [5, 5.41) is 13.4. The maximum atomic E-state index is 12.0. The van der Waals surface area contributed by atoms with E-state index in [1.807, 2.05) is 6.26 Å². The Balaban J connectivity index is 2.76. The summed E-state index contributed by atoms with van der Waals surface area (Å²) in [5.74, 6) is -1.01. The number of nitro groups is 1. The molecule has 0 heterocycles. The highest BCUT2D eigenvalue weighted by atomic mass is 32.2. The predicted molar refractivity (Wildman–Crippen MR) is 78.5 cm³/mol. The lowest BCUT2D eigenvalue weighted by atomic mass is 10.1. The van der Waals surface area contributed by atoms with Gasteiger partial charge in [-0.1, -0.05) is 0 Å². The number of nitrogens with zero attached hydrogens (tertiary/aromatic N) is 1. The second kappa shape index (κ2) is 8.25. The molecule has 0 spiro atoms. The number of carbonyl (C=O) groups is 2. The molecule has 0 fully saturated rings. The van der Waals surface area contributed by atoms with Crippen LogP contribution in [-0.4, -0.2) is 36.2 Å². The minimum atomic E-state index is -0.607. The lowest BCUT2D eigenvalue weighted by Gasteiger charge is -2.07. The van der Waals surface area contributed by atoms with E-state index in [2.05, 4.69) is 5.32 Å². The van der Waals surface area contributed by atoms with Gasteiger partial charge >= 0.3 is 5.97 Å². The molecule has 1 N–H and O–H groups in total. The fourth-order valence-electron chi connectivity index (χ4n) is 1.59. The van der Waals surface area contributed by atoms with Gasteiger partial charge in [0.25, 0.3) is 11.6 Å². The molecule has 1 aromatic carbocycles. The lowest BCUT2D eigenvalue weighted by molar-refractivity contribution is -0.385. The first kappa shape index (κ1) is 17.0. The monoisotopic (exact) mass is 312 g/mol. The highest BCUT2D eigenvalue weighted by Gasteiger charge is 2.20. The minimum absolute atomic E-state index is 0.0179. The number of rotatable bonds is 7. The molecule has 0 atom stereocenters. The van der Waals surface area contributed by atoms with Gasteiger partial charge in [0.2, 0.25) is 0 Å². The molecule has 8 heteroatoms. The summed E-state index contributed by atoms with van der Waals surface area (Å²) in [6.07, 6.45) is 1.83. The summed E-state index contributed by atoms with van der Waals surface area (Å²) in [6, 6.07) is 4.34. The normalized spacial score (nSPS) is 10.0. The van der Waals surface area contributed by atoms with Gasteiger partial charge in [0.1, 0.15) is 5.56 Å². The molecule has 0 aromatic heterocycles. The van der Waals surface area contributed by atoms with E-state index in [0.29, 0.717) is 0 Å². The Bertz CT molecular complexity index is 547. The van der Waals surface area contributed by atoms with E-state index in [1.54, 1.807) is 13.0 Å². The molecule has 7 nitrogen and oxygen atoms in total. The molecule has 0 saturated carbocycles. The second-order valence-corrected chi connectivity index (χ2v) is 4.83. The van der Waals surface area contributed by atoms with Crippen molar-refractivity contribution in [2.24, 2.45) is 0 Å². The van der Waals surface area contributed by atoms with E-state index in [4.69, 9.17) is 4.74 Å². The second-order valence-electron chi connectivity index (χ2n) is 3.95. The molecular weight excluding hydrogens is 296 g/mol. The zero-order valence-electron chi connectivity index (χ0n) is 11.8. The number of ether oxygens (including phenoxy) is 1. The van der Waals surface area contributed by atoms with Gasteiger partial charge in [-0.25, -0.2) is 0 Å². The SMILES string of the molecule is CCOC(=O)CCNC(=O)c1cc(SC)ccc1[N+](=O)[O-]. The van der Waals surface area contributed by atoms with Crippen molar-refractivity contribution in [3.63, 3.8) is 0 Å². The summed E-state index contributed by atoms with van der Waals surface area (Å²) in [5.41, 5.74) is -0.280. The van der Waals surface area contributed by atoms with Crippen LogP contribution in [0.5, 0.6) is 0 Å². The van der Waals surface area contributed by atoms with Crippen LogP contribution in [0.15, 0.2) is 23.1 Å². The van der Waals surface area contributed by atoms with Gasteiger partial charge in [-0.15, -0.1) is 11.8 Å². The van der Waals surface area contributed by atoms with Crippen LogP contribution in [0.2, 0.25) is 0 Å². The van der Waals surface area contributed by atoms with E-state index >= 15 is 0 Å². The Hall–Kier alpha value is -2.09. The third-order valence-electron chi connectivity index (χ3n) is 2.57. The van der Waals surface area contributed by atoms with E-state index in [-0.39, 0.29) is 30.8 Å². The molecule has 0 radical (unpaired) electrons. The summed E-state index contributed by atoms with van der Waals surface area (Å²) >= 11 is 1.38. The quantitative estimate of drug-likeness (QED) is 0.358. The van der Waals surface area contributed by atoms with Crippen molar-refractivity contribution in [3.05, 3.63) is 33.9 Å². The van der Waals surface area contributed by atoms with Crippen LogP contribution in [0.3, 0.4) is 0 Å². The highest BCUT2D eigenvalue weighted by Crippen LogP contribution is 2.24. The number of hydrogen-bond acceptors (Lipinski definition) is 6. The summed E-state index contributed by atoms with van der Waals surface area (Å²) < 4.78 is 4.73. The highest BCUT2D eigenvalue weighted by molar-refractivity contribution is 7.98. The first-order chi connectivity index (χ1) is 9.99. The average Bonchev–Trinajstić information content (AvgIpc) is 2.46. The van der Waals surface area contributed by atoms with Crippen LogP contribution in [0, 0.1) is 10.1 Å². The van der Waals surface area contributed by atoms with E-state index in [0.717, 1.165) is 4.90 Å². The van der Waals surface area contributed by atoms with Crippen molar-refractivity contribution in [3.8, 4) is 0 Å². The molecule has 1 aromatic rings. The van der Waals surface area contributed by atoms with Gasteiger partial charge in [0.15, 0.2) is 0 Å². The molecule has 1 rings (SSSR count). The molecular formula is C13H16N2O5S. The molecule has 0 aliphatic rings. The Morgan fingerprint density at radius 2 is 2.14 bits per heavy atom. The first-order valence-electron chi connectivity index (χ1n) is 6.25. The Kier molecular flexibility index (Phi) is 6.67. The zero-order valence-corrected chi connectivity index (χ0v) is 12.6. The van der Waals surface area contributed by atoms with Crippen LogP contribution in [0.25, 0.3) is 0 Å². The van der Waals surface area contributed by atoms with E-state index < -0.39 is 16.8 Å². The third kappa shape index (κ3) is 5.07. The van der Waals surface area contributed by atoms with Gasteiger partial charge in [-0.2, -0.15) is 0 Å². The smallest absolute Gasteiger partial charge is 0.307 e. The topological polar surface area (TPSA) is 98.5 Å². The molecule has 21 heavy (non-hydrogen) atoms. The number of benzene rings is 1. The maximum Gasteiger partial charge on any atom is 0.307 e. The average molecular weight is 312 g/mol. The molecule has 114 valence electrons. The molecule has 0 bridgehead atoms. The summed E-state index contributed by atoms with van der Waals surface area (Å²) in [4.78, 5) is 34.2. The number of nitro benzene ring substituents is 1. The molecule has 0 aliphatic heterocycles. The Labute approximate surface area is 126 Å². The fourth-order valence-corrected chi connectivity index (χ4v) is 2.03. The molecule has 1 amide bonds. The van der Waals surface area contributed by atoms with Crippen molar-refractivity contribution in [1.82, 2.24) is 5.32 Å². The molecule has 0 aliphatic carbocycles. The van der Waals surface area contributed by atoms with Crippen molar-refractivity contribution in [2.45, 2.75) is 18.2 Å². The van der Waals surface area contributed by atoms with E-state index in [9.17, 15) is 19.7 Å². The summed E-state index contributed by atoms with van der Waals surface area (Å²) in [7, 11) is 0. The summed E-state index contributed by atoms with van der Waals surface area (Å²) in [6.45, 7) is 2.03. The van der Waals surface area contributed by atoms with Crippen molar-refractivity contribution >= 4 is 29.3 Å². The van der Waals surface area contributed by atoms with Gasteiger partial charge in [0.05, 0.1) is 18.0 Å². The van der Waals surface area contributed by atoms with Crippen LogP contribution in [-0.2, 0) is 9.53 Å². The molecule has 0 unspecified atom stereocenters. The Morgan fingerprint density at radius 3 is 2.71 bits per heavy atom. The maximum absolute atomic E-state index is 12.0. The number of hydrogen-bond donors (Lipinski definition) is 1. The van der Waals surface area contributed by atoms with Crippen molar-refractivity contribution in [2.75, 3.05) is 19.4 Å². The standard InChI is InChI=1S/C13H16N2O5S/c1-3-20-12(16)6-7-14-13(17)10-8-9(21-2)4-5-11(10)15(18)19/h4-5,8H,3,6-7H2,1-2H3,(H,14,17). The largest absolute Gasteiger partial charge is 0.466 e. The van der Waals surface area contributed by atoms with Gasteiger partial charge in [-0.3, -0.25) is 19.7 Å². The van der Waals surface area contributed by atoms with Gasteiger partial charge in [-0.05, 0) is 25.3 Å². The van der Waals surface area contributed by atoms with E-state index in [1.165, 1.54) is 23.9 Å². The zero-order chi connectivity index (χ0) is 15.8. The lowest BCUT2D eigenvalue weighted by Crippen LogP contribution is -2.27. The van der Waals surface area contributed by atoms with Crippen LogP contribution in [0.1, 0.15) is 23.7 Å².